The molecule has 19 heavy (non-hydrogen) atoms. The summed E-state index contributed by atoms with van der Waals surface area (Å²) in [4.78, 5) is 8.54. The summed E-state index contributed by atoms with van der Waals surface area (Å²) in [7, 11) is 0. The molecular weight excluding hydrogens is 276 g/mol. The van der Waals surface area contributed by atoms with Gasteiger partial charge in [-0.1, -0.05) is 17.8 Å². The van der Waals surface area contributed by atoms with Crippen LogP contribution in [0.15, 0.2) is 22.5 Å². The van der Waals surface area contributed by atoms with Crippen molar-refractivity contribution in [2.24, 2.45) is 4.99 Å². The lowest BCUT2D eigenvalue weighted by atomic mass is 10.2. The maximum atomic E-state index is 5.79. The van der Waals surface area contributed by atoms with Gasteiger partial charge < -0.3 is 9.64 Å². The number of thiophene rings is 1. The molecule has 3 rings (SSSR count). The number of amidine groups is 1. The number of hydrogen-bond donors (Lipinski definition) is 0. The summed E-state index contributed by atoms with van der Waals surface area (Å²) in [6, 6.07) is 4.33. The zero-order valence-electron chi connectivity index (χ0n) is 11.1. The van der Waals surface area contributed by atoms with Crippen LogP contribution in [0.2, 0.25) is 0 Å². The molecule has 0 spiro atoms. The van der Waals surface area contributed by atoms with Crippen molar-refractivity contribution in [1.82, 2.24) is 4.90 Å². The smallest absolute Gasteiger partial charge is 0.159 e. The van der Waals surface area contributed by atoms with Crippen molar-refractivity contribution in [2.75, 3.05) is 25.4 Å². The summed E-state index contributed by atoms with van der Waals surface area (Å²) in [5, 5.41) is 3.37. The number of hydrogen-bond acceptors (Lipinski definition) is 5. The molecule has 1 unspecified atom stereocenters. The minimum atomic E-state index is 0.394. The highest BCUT2D eigenvalue weighted by Crippen LogP contribution is 2.22. The van der Waals surface area contributed by atoms with E-state index in [9.17, 15) is 0 Å². The van der Waals surface area contributed by atoms with Gasteiger partial charge in [0.15, 0.2) is 5.17 Å². The number of rotatable bonds is 4. The van der Waals surface area contributed by atoms with Crippen LogP contribution in [0, 0.1) is 0 Å². The average molecular weight is 296 g/mol. The van der Waals surface area contributed by atoms with E-state index in [0.29, 0.717) is 6.10 Å². The van der Waals surface area contributed by atoms with Gasteiger partial charge in [-0.15, -0.1) is 11.3 Å². The van der Waals surface area contributed by atoms with Crippen molar-refractivity contribution in [3.05, 3.63) is 22.4 Å². The molecule has 0 saturated carbocycles. The number of thioether (sulfide) groups is 1. The first kappa shape index (κ1) is 13.5. The predicted octanol–water partition coefficient (Wildman–Crippen LogP) is 3.22. The minimum Gasteiger partial charge on any atom is -0.376 e. The topological polar surface area (TPSA) is 24.8 Å². The third-order valence-electron chi connectivity index (χ3n) is 3.43. The van der Waals surface area contributed by atoms with E-state index in [1.165, 1.54) is 35.1 Å². The van der Waals surface area contributed by atoms with Gasteiger partial charge in [0, 0.05) is 30.3 Å². The van der Waals surface area contributed by atoms with E-state index in [1.807, 2.05) is 23.1 Å². The predicted molar refractivity (Wildman–Crippen MR) is 83.1 cm³/mol. The number of aliphatic imine (C=N–C) groups is 1. The van der Waals surface area contributed by atoms with Gasteiger partial charge in [-0.3, -0.25) is 4.99 Å². The Labute approximate surface area is 123 Å². The fourth-order valence-corrected chi connectivity index (χ4v) is 4.15. The molecule has 0 aromatic carbocycles. The first-order chi connectivity index (χ1) is 9.42. The maximum absolute atomic E-state index is 5.79. The molecule has 3 heterocycles. The molecule has 1 atom stereocenters. The molecule has 0 N–H and O–H groups in total. The van der Waals surface area contributed by atoms with Crippen LogP contribution in [0.3, 0.4) is 0 Å². The standard InChI is InChI=1S/C14H20N2OS2/c1-4-12(17-7-1)10-16(11-13-5-2-8-18-13)14-15-6-3-9-19-14/h2,5,8,12H,1,3-4,6-7,9-11H2. The van der Waals surface area contributed by atoms with Gasteiger partial charge >= 0.3 is 0 Å². The van der Waals surface area contributed by atoms with E-state index in [-0.39, 0.29) is 0 Å². The third kappa shape index (κ3) is 3.74. The van der Waals surface area contributed by atoms with Crippen molar-refractivity contribution >= 4 is 28.3 Å². The summed E-state index contributed by atoms with van der Waals surface area (Å²) in [5.41, 5.74) is 0. The van der Waals surface area contributed by atoms with Crippen LogP contribution in [0.25, 0.3) is 0 Å². The van der Waals surface area contributed by atoms with Crippen LogP contribution in [0.1, 0.15) is 24.1 Å². The van der Waals surface area contributed by atoms with E-state index in [2.05, 4.69) is 22.4 Å². The van der Waals surface area contributed by atoms with Gasteiger partial charge in [0.25, 0.3) is 0 Å². The molecule has 0 aliphatic carbocycles. The van der Waals surface area contributed by atoms with Crippen LogP contribution in [0.4, 0.5) is 0 Å². The molecule has 1 saturated heterocycles. The van der Waals surface area contributed by atoms with Crippen LogP contribution < -0.4 is 0 Å². The van der Waals surface area contributed by atoms with E-state index < -0.39 is 0 Å². The lowest BCUT2D eigenvalue weighted by molar-refractivity contribution is 0.0908. The van der Waals surface area contributed by atoms with Gasteiger partial charge in [0.1, 0.15) is 0 Å². The first-order valence-electron chi connectivity index (χ1n) is 6.98. The monoisotopic (exact) mass is 296 g/mol. The normalized spacial score (nSPS) is 23.4. The average Bonchev–Trinajstić information content (AvgIpc) is 3.12. The van der Waals surface area contributed by atoms with Crippen molar-refractivity contribution in [2.45, 2.75) is 31.9 Å². The molecule has 5 heteroatoms. The fourth-order valence-electron chi connectivity index (χ4n) is 2.47. The SMILES string of the molecule is c1csc(CN(CC2CCCO2)C2=NCCCS2)c1. The zero-order valence-corrected chi connectivity index (χ0v) is 12.7. The summed E-state index contributed by atoms with van der Waals surface area (Å²) in [5.74, 6) is 1.20. The van der Waals surface area contributed by atoms with Gasteiger partial charge in [0.2, 0.25) is 0 Å². The second-order valence-electron chi connectivity index (χ2n) is 4.96. The van der Waals surface area contributed by atoms with Crippen molar-refractivity contribution in [3.8, 4) is 0 Å². The summed E-state index contributed by atoms with van der Waals surface area (Å²) >= 11 is 3.73. The Balaban J connectivity index is 1.68. The van der Waals surface area contributed by atoms with E-state index in [0.717, 1.165) is 26.2 Å². The molecule has 1 aromatic rings. The first-order valence-corrected chi connectivity index (χ1v) is 8.84. The highest BCUT2D eigenvalue weighted by atomic mass is 32.2. The highest BCUT2D eigenvalue weighted by Gasteiger charge is 2.23. The van der Waals surface area contributed by atoms with E-state index in [4.69, 9.17) is 9.73 Å². The fraction of sp³-hybridized carbons (Fsp3) is 0.643. The summed E-state index contributed by atoms with van der Waals surface area (Å²) < 4.78 is 5.79. The second kappa shape index (κ2) is 6.77. The highest BCUT2D eigenvalue weighted by molar-refractivity contribution is 8.13. The molecule has 0 radical (unpaired) electrons. The van der Waals surface area contributed by atoms with Gasteiger partial charge in [0.05, 0.1) is 12.6 Å². The molecule has 2 aliphatic heterocycles. The Morgan fingerprint density at radius 1 is 1.42 bits per heavy atom. The van der Waals surface area contributed by atoms with Crippen molar-refractivity contribution < 1.29 is 4.74 Å². The molecule has 1 aromatic heterocycles. The summed E-state index contributed by atoms with van der Waals surface area (Å²) in [6.07, 6.45) is 4.00. The van der Waals surface area contributed by atoms with Gasteiger partial charge in [-0.25, -0.2) is 0 Å². The molecule has 0 bridgehead atoms. The van der Waals surface area contributed by atoms with Crippen LogP contribution >= 0.6 is 23.1 Å². The van der Waals surface area contributed by atoms with Crippen molar-refractivity contribution in [3.63, 3.8) is 0 Å². The van der Waals surface area contributed by atoms with Crippen LogP contribution in [-0.4, -0.2) is 41.6 Å². The van der Waals surface area contributed by atoms with Crippen molar-refractivity contribution in [1.29, 1.82) is 0 Å². The Kier molecular flexibility index (Phi) is 4.80. The lowest BCUT2D eigenvalue weighted by Gasteiger charge is -2.29. The molecule has 0 amide bonds. The third-order valence-corrected chi connectivity index (χ3v) is 5.43. The van der Waals surface area contributed by atoms with Crippen LogP contribution in [-0.2, 0) is 11.3 Å². The van der Waals surface area contributed by atoms with Gasteiger partial charge in [-0.2, -0.15) is 0 Å². The lowest BCUT2D eigenvalue weighted by Crippen LogP contribution is -2.36. The molecular formula is C14H20N2OS2. The van der Waals surface area contributed by atoms with Crippen LogP contribution in [0.5, 0.6) is 0 Å². The quantitative estimate of drug-likeness (QED) is 0.853. The summed E-state index contributed by atoms with van der Waals surface area (Å²) in [6.45, 7) is 3.87. The number of nitrogens with zero attached hydrogens (tertiary/aromatic N) is 2. The Morgan fingerprint density at radius 3 is 3.11 bits per heavy atom. The molecule has 104 valence electrons. The molecule has 1 fully saturated rings. The number of ether oxygens (including phenoxy) is 1. The Morgan fingerprint density at radius 2 is 2.42 bits per heavy atom. The van der Waals surface area contributed by atoms with E-state index >= 15 is 0 Å². The zero-order chi connectivity index (χ0) is 12.9. The second-order valence-corrected chi connectivity index (χ2v) is 7.06. The Hall–Kier alpha value is -0.520. The minimum absolute atomic E-state index is 0.394. The Bertz CT molecular complexity index is 413. The largest absolute Gasteiger partial charge is 0.376 e. The molecule has 3 nitrogen and oxygen atoms in total. The van der Waals surface area contributed by atoms with E-state index in [1.54, 1.807) is 0 Å². The van der Waals surface area contributed by atoms with Gasteiger partial charge in [-0.05, 0) is 30.7 Å². The maximum Gasteiger partial charge on any atom is 0.159 e. The molecule has 2 aliphatic rings.